The van der Waals surface area contributed by atoms with Gasteiger partial charge < -0.3 is 5.11 Å². The normalized spacial score (nSPS) is 12.9. The van der Waals surface area contributed by atoms with E-state index in [4.69, 9.17) is 22.0 Å². The first-order valence-electron chi connectivity index (χ1n) is 6.12. The Kier molecular flexibility index (Phi) is 5.72. The fraction of sp³-hybridized carbons (Fsp3) is 0.385. The summed E-state index contributed by atoms with van der Waals surface area (Å²) < 4.78 is 26.5. The molecule has 0 aliphatic rings. The van der Waals surface area contributed by atoms with Crippen LogP contribution in [0.4, 0.5) is 0 Å². The van der Waals surface area contributed by atoms with E-state index in [1.807, 2.05) is 6.07 Å². The van der Waals surface area contributed by atoms with Crippen molar-refractivity contribution in [1.29, 1.82) is 5.26 Å². The predicted molar refractivity (Wildman–Crippen MR) is 77.4 cm³/mol. The lowest BCUT2D eigenvalue weighted by molar-refractivity contribution is -0.139. The van der Waals surface area contributed by atoms with E-state index >= 15 is 0 Å². The summed E-state index contributed by atoms with van der Waals surface area (Å²) in [5, 5.41) is 17.8. The zero-order valence-electron chi connectivity index (χ0n) is 11.5. The number of hydrogen-bond donors (Lipinski definition) is 2. The van der Waals surface area contributed by atoms with Crippen molar-refractivity contribution in [3.63, 3.8) is 0 Å². The van der Waals surface area contributed by atoms with Crippen molar-refractivity contribution in [3.8, 4) is 6.07 Å². The summed E-state index contributed by atoms with van der Waals surface area (Å²) in [7, 11) is -4.02. The fourth-order valence-corrected chi connectivity index (χ4v) is 3.20. The van der Waals surface area contributed by atoms with Crippen LogP contribution in [-0.4, -0.2) is 25.5 Å². The number of nitrogens with one attached hydrogen (secondary N) is 1. The molecule has 0 aliphatic carbocycles. The van der Waals surface area contributed by atoms with Gasteiger partial charge in [0.05, 0.1) is 15.5 Å². The van der Waals surface area contributed by atoms with Crippen molar-refractivity contribution in [2.24, 2.45) is 5.92 Å². The molecule has 6 nitrogen and oxygen atoms in total. The molecule has 21 heavy (non-hydrogen) atoms. The van der Waals surface area contributed by atoms with Gasteiger partial charge in [-0.1, -0.05) is 25.4 Å². The van der Waals surface area contributed by atoms with Crippen molar-refractivity contribution >= 4 is 27.6 Å². The Balaban J connectivity index is 3.08. The second-order valence-corrected chi connectivity index (χ2v) is 7.02. The highest BCUT2D eigenvalue weighted by Crippen LogP contribution is 2.20. The van der Waals surface area contributed by atoms with E-state index in [0.29, 0.717) is 0 Å². The Morgan fingerprint density at radius 3 is 2.52 bits per heavy atom. The third kappa shape index (κ3) is 4.70. The molecule has 0 radical (unpaired) electrons. The summed E-state index contributed by atoms with van der Waals surface area (Å²) in [6, 6.07) is 4.20. The summed E-state index contributed by atoms with van der Waals surface area (Å²) in [4.78, 5) is 10.9. The van der Waals surface area contributed by atoms with Gasteiger partial charge in [-0.15, -0.1) is 0 Å². The zero-order valence-corrected chi connectivity index (χ0v) is 13.1. The molecule has 1 unspecified atom stereocenters. The number of rotatable bonds is 6. The van der Waals surface area contributed by atoms with Crippen molar-refractivity contribution in [2.45, 2.75) is 31.2 Å². The molecule has 1 aromatic rings. The van der Waals surface area contributed by atoms with Gasteiger partial charge in [-0.3, -0.25) is 4.79 Å². The lowest BCUT2D eigenvalue weighted by atomic mass is 10.1. The molecular weight excluding hydrogens is 316 g/mol. The number of carbonyl (C=O) groups is 1. The summed E-state index contributed by atoms with van der Waals surface area (Å²) in [6.45, 7) is 3.59. The molecule has 1 aromatic carbocycles. The fourth-order valence-electron chi connectivity index (χ4n) is 1.68. The SMILES string of the molecule is CC(C)CC(NS(=O)(=O)c1ccc(C#N)c(Cl)c1)C(=O)O. The zero-order chi connectivity index (χ0) is 16.2. The van der Waals surface area contributed by atoms with E-state index in [9.17, 15) is 13.2 Å². The number of nitrogens with zero attached hydrogens (tertiary/aromatic N) is 1. The third-order valence-corrected chi connectivity index (χ3v) is 4.46. The molecule has 0 amide bonds. The molecule has 0 saturated carbocycles. The number of carboxylic acids is 1. The maximum atomic E-state index is 12.2. The van der Waals surface area contributed by atoms with Crippen LogP contribution in [-0.2, 0) is 14.8 Å². The van der Waals surface area contributed by atoms with E-state index < -0.39 is 22.0 Å². The van der Waals surface area contributed by atoms with Gasteiger partial charge in [-0.25, -0.2) is 8.42 Å². The number of halogens is 1. The van der Waals surface area contributed by atoms with Gasteiger partial charge >= 0.3 is 5.97 Å². The summed E-state index contributed by atoms with van der Waals surface area (Å²) in [6.07, 6.45) is 0.165. The first-order valence-corrected chi connectivity index (χ1v) is 7.98. The standard InChI is InChI=1S/C13H15ClN2O4S/c1-8(2)5-12(13(17)18)16-21(19,20)10-4-3-9(7-15)11(14)6-10/h3-4,6,8,12,16H,5H2,1-2H3,(H,17,18). The van der Waals surface area contributed by atoms with Gasteiger partial charge in [0.25, 0.3) is 0 Å². The Bertz CT molecular complexity index is 680. The van der Waals surface area contributed by atoms with Crippen molar-refractivity contribution in [1.82, 2.24) is 4.72 Å². The van der Waals surface area contributed by atoms with E-state index in [1.54, 1.807) is 13.8 Å². The van der Waals surface area contributed by atoms with Gasteiger partial charge in [0, 0.05) is 0 Å². The quantitative estimate of drug-likeness (QED) is 0.829. The minimum Gasteiger partial charge on any atom is -0.480 e. The summed E-state index contributed by atoms with van der Waals surface area (Å²) in [5.74, 6) is -1.23. The average Bonchev–Trinajstić information content (AvgIpc) is 2.36. The number of benzene rings is 1. The predicted octanol–water partition coefficient (Wildman–Crippen LogP) is 1.99. The second kappa shape index (κ2) is 6.89. The average molecular weight is 331 g/mol. The Hall–Kier alpha value is -1.62. The summed E-state index contributed by atoms with van der Waals surface area (Å²) >= 11 is 5.79. The molecular formula is C13H15ClN2O4S. The van der Waals surface area contributed by atoms with Gasteiger partial charge in [-0.2, -0.15) is 9.98 Å². The molecule has 0 bridgehead atoms. The van der Waals surface area contributed by atoms with Crippen LogP contribution >= 0.6 is 11.6 Å². The highest BCUT2D eigenvalue weighted by molar-refractivity contribution is 7.89. The lowest BCUT2D eigenvalue weighted by Gasteiger charge is -2.16. The van der Waals surface area contributed by atoms with Gasteiger partial charge in [0.1, 0.15) is 12.1 Å². The minimum atomic E-state index is -4.02. The van der Waals surface area contributed by atoms with E-state index in [1.165, 1.54) is 12.1 Å². The first kappa shape index (κ1) is 17.4. The number of aliphatic carboxylic acids is 1. The number of hydrogen-bond acceptors (Lipinski definition) is 4. The van der Waals surface area contributed by atoms with Crippen LogP contribution in [0.3, 0.4) is 0 Å². The third-order valence-electron chi connectivity index (χ3n) is 2.67. The van der Waals surface area contributed by atoms with Crippen molar-refractivity contribution in [2.75, 3.05) is 0 Å². The maximum absolute atomic E-state index is 12.2. The first-order chi connectivity index (χ1) is 9.67. The molecule has 0 heterocycles. The van der Waals surface area contributed by atoms with Crippen molar-refractivity contribution in [3.05, 3.63) is 28.8 Å². The molecule has 2 N–H and O–H groups in total. The Morgan fingerprint density at radius 2 is 2.10 bits per heavy atom. The van der Waals surface area contributed by atoms with Crippen LogP contribution in [0, 0.1) is 17.2 Å². The molecule has 1 atom stereocenters. The molecule has 1 rings (SSSR count). The van der Waals surface area contributed by atoms with E-state index in [0.717, 1.165) is 6.07 Å². The lowest BCUT2D eigenvalue weighted by Crippen LogP contribution is -2.41. The van der Waals surface area contributed by atoms with E-state index in [-0.39, 0.29) is 27.8 Å². The summed E-state index contributed by atoms with van der Waals surface area (Å²) in [5.41, 5.74) is 0.146. The van der Waals surface area contributed by atoms with Crippen molar-refractivity contribution < 1.29 is 18.3 Å². The largest absolute Gasteiger partial charge is 0.480 e. The van der Waals surface area contributed by atoms with E-state index in [2.05, 4.69) is 4.72 Å². The Labute approximate surface area is 128 Å². The number of sulfonamides is 1. The highest BCUT2D eigenvalue weighted by Gasteiger charge is 2.26. The van der Waals surface area contributed by atoms with Gasteiger partial charge in [-0.05, 0) is 30.5 Å². The highest BCUT2D eigenvalue weighted by atomic mass is 35.5. The molecule has 0 spiro atoms. The number of nitriles is 1. The van der Waals surface area contributed by atoms with Gasteiger partial charge in [0.15, 0.2) is 0 Å². The smallest absolute Gasteiger partial charge is 0.321 e. The number of carboxylic acid groups (broad SMARTS) is 1. The molecule has 0 saturated heterocycles. The second-order valence-electron chi connectivity index (χ2n) is 4.90. The monoisotopic (exact) mass is 330 g/mol. The van der Waals surface area contributed by atoms with Crippen LogP contribution < -0.4 is 4.72 Å². The van der Waals surface area contributed by atoms with Crippen LogP contribution in [0.5, 0.6) is 0 Å². The molecule has 114 valence electrons. The Morgan fingerprint density at radius 1 is 1.48 bits per heavy atom. The topological polar surface area (TPSA) is 107 Å². The molecule has 0 aromatic heterocycles. The van der Waals surface area contributed by atoms with Crippen LogP contribution in [0.2, 0.25) is 5.02 Å². The molecule has 8 heteroatoms. The van der Waals surface area contributed by atoms with Crippen LogP contribution in [0.15, 0.2) is 23.1 Å². The van der Waals surface area contributed by atoms with Crippen LogP contribution in [0.25, 0.3) is 0 Å². The van der Waals surface area contributed by atoms with Gasteiger partial charge in [0.2, 0.25) is 10.0 Å². The molecule has 0 aliphatic heterocycles. The molecule has 0 fully saturated rings. The minimum absolute atomic E-state index is 0.00360. The van der Waals surface area contributed by atoms with Crippen LogP contribution in [0.1, 0.15) is 25.8 Å². The maximum Gasteiger partial charge on any atom is 0.321 e.